The fourth-order valence-electron chi connectivity index (χ4n) is 1.50. The summed E-state index contributed by atoms with van der Waals surface area (Å²) in [4.78, 5) is 23.3. The quantitative estimate of drug-likeness (QED) is 0.709. The standard InChI is InChI=1S/C12H22O4S/c1-5-16-11(14)10(13)9(7-8(3)4)12(15)17-6-2/h8-10,13H,5-7H2,1-4H3/t9-,10+/m1/s1. The van der Waals surface area contributed by atoms with Crippen LogP contribution in [0.4, 0.5) is 0 Å². The van der Waals surface area contributed by atoms with E-state index in [1.807, 2.05) is 20.8 Å². The summed E-state index contributed by atoms with van der Waals surface area (Å²) >= 11 is 1.14. The Morgan fingerprint density at radius 1 is 1.29 bits per heavy atom. The molecule has 0 spiro atoms. The predicted molar refractivity (Wildman–Crippen MR) is 68.7 cm³/mol. The topological polar surface area (TPSA) is 63.6 Å². The Hall–Kier alpha value is -0.550. The van der Waals surface area contributed by atoms with Crippen LogP contribution in [0.2, 0.25) is 0 Å². The molecule has 0 aliphatic carbocycles. The third kappa shape index (κ3) is 6.07. The summed E-state index contributed by atoms with van der Waals surface area (Å²) in [6, 6.07) is 0. The average molecular weight is 262 g/mol. The van der Waals surface area contributed by atoms with Crippen molar-refractivity contribution in [3.05, 3.63) is 0 Å². The van der Waals surface area contributed by atoms with Crippen LogP contribution in [0, 0.1) is 11.8 Å². The fourth-order valence-corrected chi connectivity index (χ4v) is 2.23. The molecule has 0 aliphatic heterocycles. The number of ether oxygens (including phenoxy) is 1. The Morgan fingerprint density at radius 2 is 1.88 bits per heavy atom. The molecule has 5 heteroatoms. The van der Waals surface area contributed by atoms with Gasteiger partial charge in [0.2, 0.25) is 0 Å². The molecule has 0 amide bonds. The molecule has 0 aromatic heterocycles. The van der Waals surface area contributed by atoms with Gasteiger partial charge in [0.15, 0.2) is 11.2 Å². The average Bonchev–Trinajstić information content (AvgIpc) is 2.25. The minimum absolute atomic E-state index is 0.137. The second-order valence-corrected chi connectivity index (χ2v) is 5.45. The lowest BCUT2D eigenvalue weighted by atomic mass is 9.93. The maximum atomic E-state index is 11.8. The number of hydrogen-bond acceptors (Lipinski definition) is 5. The molecule has 2 atom stereocenters. The van der Waals surface area contributed by atoms with E-state index in [-0.39, 0.29) is 17.6 Å². The minimum atomic E-state index is -1.34. The molecule has 0 saturated heterocycles. The fraction of sp³-hybridized carbons (Fsp3) is 0.833. The highest BCUT2D eigenvalue weighted by Crippen LogP contribution is 2.23. The van der Waals surface area contributed by atoms with Crippen molar-refractivity contribution in [2.24, 2.45) is 11.8 Å². The smallest absolute Gasteiger partial charge is 0.335 e. The molecule has 0 aromatic carbocycles. The Morgan fingerprint density at radius 3 is 2.29 bits per heavy atom. The van der Waals surface area contributed by atoms with Gasteiger partial charge in [0, 0.05) is 0 Å². The number of esters is 1. The van der Waals surface area contributed by atoms with Gasteiger partial charge in [-0.25, -0.2) is 4.79 Å². The molecule has 0 bridgehead atoms. The number of aliphatic hydroxyl groups excluding tert-OH is 1. The molecule has 0 aromatic rings. The zero-order chi connectivity index (χ0) is 13.4. The van der Waals surface area contributed by atoms with Crippen molar-refractivity contribution in [1.82, 2.24) is 0 Å². The predicted octanol–water partition coefficient (Wildman–Crippen LogP) is 1.85. The molecule has 0 unspecified atom stereocenters. The Kier molecular flexibility index (Phi) is 8.25. The zero-order valence-corrected chi connectivity index (χ0v) is 11.8. The van der Waals surface area contributed by atoms with Gasteiger partial charge in [-0.05, 0) is 25.0 Å². The largest absolute Gasteiger partial charge is 0.464 e. The van der Waals surface area contributed by atoms with E-state index in [1.165, 1.54) is 0 Å². The van der Waals surface area contributed by atoms with Gasteiger partial charge in [-0.2, -0.15) is 0 Å². The molecule has 100 valence electrons. The van der Waals surface area contributed by atoms with Crippen molar-refractivity contribution < 1.29 is 19.4 Å². The maximum Gasteiger partial charge on any atom is 0.335 e. The van der Waals surface area contributed by atoms with Crippen LogP contribution in [0.3, 0.4) is 0 Å². The number of hydrogen-bond donors (Lipinski definition) is 1. The molecule has 0 heterocycles. The van der Waals surface area contributed by atoms with Gasteiger partial charge in [-0.3, -0.25) is 4.79 Å². The Balaban J connectivity index is 4.65. The summed E-state index contributed by atoms with van der Waals surface area (Å²) in [6.07, 6.45) is -0.852. The van der Waals surface area contributed by atoms with Gasteiger partial charge in [0.25, 0.3) is 0 Å². The first-order valence-corrected chi connectivity index (χ1v) is 6.93. The summed E-state index contributed by atoms with van der Waals surface area (Å²) in [5.74, 6) is -0.490. The van der Waals surface area contributed by atoms with Gasteiger partial charge in [0.05, 0.1) is 12.5 Å². The molecule has 1 N–H and O–H groups in total. The van der Waals surface area contributed by atoms with Crippen molar-refractivity contribution in [3.63, 3.8) is 0 Å². The monoisotopic (exact) mass is 262 g/mol. The van der Waals surface area contributed by atoms with Crippen LogP contribution in [0.15, 0.2) is 0 Å². The van der Waals surface area contributed by atoms with Crippen LogP contribution in [0.5, 0.6) is 0 Å². The molecular weight excluding hydrogens is 240 g/mol. The third-order valence-corrected chi connectivity index (χ3v) is 3.10. The van der Waals surface area contributed by atoms with Crippen LogP contribution >= 0.6 is 11.8 Å². The van der Waals surface area contributed by atoms with Crippen LogP contribution < -0.4 is 0 Å². The van der Waals surface area contributed by atoms with Crippen molar-refractivity contribution in [1.29, 1.82) is 0 Å². The first-order valence-electron chi connectivity index (χ1n) is 5.95. The van der Waals surface area contributed by atoms with Crippen LogP contribution in [-0.2, 0) is 14.3 Å². The van der Waals surface area contributed by atoms with Crippen molar-refractivity contribution in [2.45, 2.75) is 40.2 Å². The lowest BCUT2D eigenvalue weighted by molar-refractivity contribution is -0.157. The SMILES string of the molecule is CCOC(=O)[C@@H](O)[C@@H](CC(C)C)C(=O)SCC. The van der Waals surface area contributed by atoms with Crippen molar-refractivity contribution in [2.75, 3.05) is 12.4 Å². The van der Waals surface area contributed by atoms with Crippen molar-refractivity contribution in [3.8, 4) is 0 Å². The molecular formula is C12H22O4S. The summed E-state index contributed by atoms with van der Waals surface area (Å²) in [6.45, 7) is 7.65. The lowest BCUT2D eigenvalue weighted by Crippen LogP contribution is -2.36. The van der Waals surface area contributed by atoms with Crippen LogP contribution in [0.1, 0.15) is 34.1 Å². The van der Waals surface area contributed by atoms with E-state index in [4.69, 9.17) is 4.74 Å². The highest BCUT2D eigenvalue weighted by Gasteiger charge is 2.33. The van der Waals surface area contributed by atoms with E-state index in [0.29, 0.717) is 12.2 Å². The Bertz CT molecular complexity index is 253. The van der Waals surface area contributed by atoms with E-state index in [9.17, 15) is 14.7 Å². The molecule has 0 rings (SSSR count). The first kappa shape index (κ1) is 16.4. The third-order valence-electron chi connectivity index (χ3n) is 2.22. The van der Waals surface area contributed by atoms with Crippen molar-refractivity contribution >= 4 is 22.8 Å². The molecule has 0 radical (unpaired) electrons. The summed E-state index contributed by atoms with van der Waals surface area (Å²) in [5.41, 5.74) is 0. The molecule has 17 heavy (non-hydrogen) atoms. The molecule has 4 nitrogen and oxygen atoms in total. The van der Waals surface area contributed by atoms with Gasteiger partial charge in [-0.1, -0.05) is 32.5 Å². The van der Waals surface area contributed by atoms with Crippen LogP contribution in [-0.4, -0.2) is 34.7 Å². The number of rotatable bonds is 7. The summed E-state index contributed by atoms with van der Waals surface area (Å²) in [5, 5.41) is 9.71. The summed E-state index contributed by atoms with van der Waals surface area (Å²) in [7, 11) is 0. The minimum Gasteiger partial charge on any atom is -0.464 e. The molecule has 0 fully saturated rings. The van der Waals surface area contributed by atoms with E-state index < -0.39 is 18.0 Å². The number of carbonyl (C=O) groups is 2. The number of thioether (sulfide) groups is 1. The first-order chi connectivity index (χ1) is 7.93. The van der Waals surface area contributed by atoms with Crippen LogP contribution in [0.25, 0.3) is 0 Å². The van der Waals surface area contributed by atoms with E-state index in [1.54, 1.807) is 6.92 Å². The van der Waals surface area contributed by atoms with Gasteiger partial charge in [-0.15, -0.1) is 0 Å². The second kappa shape index (κ2) is 8.53. The second-order valence-electron chi connectivity index (χ2n) is 4.18. The Labute approximate surface area is 107 Å². The number of aliphatic hydroxyl groups is 1. The highest BCUT2D eigenvalue weighted by atomic mass is 32.2. The molecule has 0 aliphatic rings. The van der Waals surface area contributed by atoms with Gasteiger partial charge >= 0.3 is 5.97 Å². The normalized spacial score (nSPS) is 14.5. The highest BCUT2D eigenvalue weighted by molar-refractivity contribution is 8.13. The summed E-state index contributed by atoms with van der Waals surface area (Å²) < 4.78 is 4.74. The maximum absolute atomic E-state index is 11.8. The molecule has 0 saturated carbocycles. The van der Waals surface area contributed by atoms with E-state index in [0.717, 1.165) is 11.8 Å². The zero-order valence-electron chi connectivity index (χ0n) is 10.9. The van der Waals surface area contributed by atoms with E-state index >= 15 is 0 Å². The van der Waals surface area contributed by atoms with E-state index in [2.05, 4.69) is 0 Å². The number of carbonyl (C=O) groups excluding carboxylic acids is 2. The van der Waals surface area contributed by atoms with Gasteiger partial charge in [0.1, 0.15) is 0 Å². The lowest BCUT2D eigenvalue weighted by Gasteiger charge is -2.21. The van der Waals surface area contributed by atoms with Gasteiger partial charge < -0.3 is 9.84 Å².